The Labute approximate surface area is 169 Å². The normalized spacial score (nSPS) is 18.4. The van der Waals surface area contributed by atoms with Crippen molar-refractivity contribution in [2.75, 3.05) is 13.1 Å². The van der Waals surface area contributed by atoms with Crippen LogP contribution in [0, 0.1) is 0 Å². The van der Waals surface area contributed by atoms with Crippen LogP contribution in [0.5, 0.6) is 0 Å². The first-order valence-corrected chi connectivity index (χ1v) is 11.3. The summed E-state index contributed by atoms with van der Waals surface area (Å²) in [5.41, 5.74) is 1.10. The van der Waals surface area contributed by atoms with Crippen LogP contribution < -0.4 is 5.56 Å². The second-order valence-electron chi connectivity index (χ2n) is 8.00. The third-order valence-electron chi connectivity index (χ3n) is 5.91. The zero-order valence-corrected chi connectivity index (χ0v) is 17.6. The number of ether oxygens (including phenoxy) is 1. The average Bonchev–Trinajstić information content (AvgIpc) is 3.31. The molecule has 1 aliphatic carbocycles. The highest BCUT2D eigenvalue weighted by molar-refractivity contribution is 7.18. The summed E-state index contributed by atoms with van der Waals surface area (Å²) in [6.07, 6.45) is 7.24. The first-order chi connectivity index (χ1) is 13.6. The molecule has 6 nitrogen and oxygen atoms in total. The number of aryl methyl sites for hydroxylation is 2. The van der Waals surface area contributed by atoms with Gasteiger partial charge >= 0.3 is 5.97 Å². The Morgan fingerprint density at radius 3 is 2.71 bits per heavy atom. The molecule has 1 fully saturated rings. The van der Waals surface area contributed by atoms with Crippen molar-refractivity contribution in [3.05, 3.63) is 26.6 Å². The monoisotopic (exact) mass is 403 g/mol. The second kappa shape index (κ2) is 8.33. The maximum atomic E-state index is 13.5. The minimum absolute atomic E-state index is 0.0556. The number of hydrogen-bond donors (Lipinski definition) is 0. The lowest BCUT2D eigenvalue weighted by molar-refractivity contribution is -0.149. The summed E-state index contributed by atoms with van der Waals surface area (Å²) in [5, 5.41) is 0.737. The molecule has 152 valence electrons. The lowest BCUT2D eigenvalue weighted by atomic mass is 9.97. The standard InChI is InChI=1S/C21H29N3O3S/c1-3-14(2)27-18(25)13-24-17(12-23-10-6-7-11-23)22-20-19(21(24)26)15-8-4-5-9-16(15)28-20/h14H,3-13H2,1-2H3. The Kier molecular flexibility index (Phi) is 5.83. The number of thiophene rings is 1. The molecular weight excluding hydrogens is 374 g/mol. The van der Waals surface area contributed by atoms with Crippen molar-refractivity contribution in [1.82, 2.24) is 14.5 Å². The molecule has 0 spiro atoms. The van der Waals surface area contributed by atoms with Crippen molar-refractivity contribution in [2.24, 2.45) is 0 Å². The van der Waals surface area contributed by atoms with Gasteiger partial charge in [0.2, 0.25) is 0 Å². The predicted octanol–water partition coefficient (Wildman–Crippen LogP) is 3.27. The quantitative estimate of drug-likeness (QED) is 0.693. The van der Waals surface area contributed by atoms with Gasteiger partial charge in [-0.1, -0.05) is 6.92 Å². The molecule has 0 N–H and O–H groups in total. The van der Waals surface area contributed by atoms with Gasteiger partial charge in [0.15, 0.2) is 0 Å². The summed E-state index contributed by atoms with van der Waals surface area (Å²) in [4.78, 5) is 35.3. The maximum absolute atomic E-state index is 13.5. The molecule has 2 aromatic rings. The minimum atomic E-state index is -0.357. The second-order valence-corrected chi connectivity index (χ2v) is 9.09. The lowest BCUT2D eigenvalue weighted by Gasteiger charge is -2.19. The van der Waals surface area contributed by atoms with Crippen LogP contribution in [0.2, 0.25) is 0 Å². The van der Waals surface area contributed by atoms with Gasteiger partial charge in [0.1, 0.15) is 17.2 Å². The Bertz CT molecular complexity index is 927. The van der Waals surface area contributed by atoms with Crippen LogP contribution in [0.25, 0.3) is 10.2 Å². The first-order valence-electron chi connectivity index (χ1n) is 10.5. The molecule has 1 aliphatic heterocycles. The Balaban J connectivity index is 1.75. The smallest absolute Gasteiger partial charge is 0.326 e. The maximum Gasteiger partial charge on any atom is 0.326 e. The molecule has 4 rings (SSSR count). The van der Waals surface area contributed by atoms with Crippen LogP contribution in [0.4, 0.5) is 0 Å². The fourth-order valence-corrected chi connectivity index (χ4v) is 5.45. The van der Waals surface area contributed by atoms with Crippen LogP contribution in [0.3, 0.4) is 0 Å². The van der Waals surface area contributed by atoms with Gasteiger partial charge < -0.3 is 4.74 Å². The molecule has 0 bridgehead atoms. The molecule has 2 aliphatic rings. The summed E-state index contributed by atoms with van der Waals surface area (Å²) < 4.78 is 7.03. The minimum Gasteiger partial charge on any atom is -0.461 e. The fourth-order valence-electron chi connectivity index (χ4n) is 4.18. The number of carbonyl (C=O) groups is 1. The van der Waals surface area contributed by atoms with Crippen molar-refractivity contribution < 1.29 is 9.53 Å². The third-order valence-corrected chi connectivity index (χ3v) is 7.10. The van der Waals surface area contributed by atoms with Gasteiger partial charge in [-0.25, -0.2) is 4.98 Å². The first kappa shape index (κ1) is 19.6. The number of aromatic nitrogens is 2. The highest BCUT2D eigenvalue weighted by Gasteiger charge is 2.24. The molecule has 7 heteroatoms. The molecule has 28 heavy (non-hydrogen) atoms. The number of esters is 1. The molecule has 2 aromatic heterocycles. The molecular formula is C21H29N3O3S. The summed E-state index contributed by atoms with van der Waals surface area (Å²) in [6, 6.07) is 0. The molecule has 0 aromatic carbocycles. The van der Waals surface area contributed by atoms with Crippen molar-refractivity contribution in [2.45, 2.75) is 78.0 Å². The lowest BCUT2D eigenvalue weighted by Crippen LogP contribution is -2.33. The Hall–Kier alpha value is -1.73. The molecule has 0 saturated carbocycles. The zero-order valence-electron chi connectivity index (χ0n) is 16.8. The largest absolute Gasteiger partial charge is 0.461 e. The van der Waals surface area contributed by atoms with E-state index in [1.54, 1.807) is 15.9 Å². The Morgan fingerprint density at radius 2 is 1.96 bits per heavy atom. The van der Waals surface area contributed by atoms with E-state index in [9.17, 15) is 9.59 Å². The third kappa shape index (κ3) is 3.87. The molecule has 1 unspecified atom stereocenters. The predicted molar refractivity (Wildman–Crippen MR) is 111 cm³/mol. The van der Waals surface area contributed by atoms with Gasteiger partial charge in [0.05, 0.1) is 18.0 Å². The van der Waals surface area contributed by atoms with E-state index in [2.05, 4.69) is 4.90 Å². The van der Waals surface area contributed by atoms with Crippen LogP contribution in [0.15, 0.2) is 4.79 Å². The molecule has 3 heterocycles. The summed E-state index contributed by atoms with van der Waals surface area (Å²) in [6.45, 7) is 6.46. The van der Waals surface area contributed by atoms with E-state index in [-0.39, 0.29) is 24.2 Å². The number of carbonyl (C=O) groups excluding carboxylic acids is 1. The van der Waals surface area contributed by atoms with E-state index in [1.165, 1.54) is 29.7 Å². The van der Waals surface area contributed by atoms with Gasteiger partial charge in [-0.3, -0.25) is 19.1 Å². The number of likely N-dealkylation sites (tertiary alicyclic amines) is 1. The summed E-state index contributed by atoms with van der Waals surface area (Å²) in [7, 11) is 0. The number of nitrogens with zero attached hydrogens (tertiary/aromatic N) is 3. The molecule has 0 amide bonds. The molecule has 1 saturated heterocycles. The molecule has 1 atom stereocenters. The van der Waals surface area contributed by atoms with Crippen molar-refractivity contribution in [1.29, 1.82) is 0 Å². The summed E-state index contributed by atoms with van der Waals surface area (Å²) in [5.74, 6) is 0.337. The topological polar surface area (TPSA) is 64.4 Å². The van der Waals surface area contributed by atoms with Crippen molar-refractivity contribution in [3.63, 3.8) is 0 Å². The SMILES string of the molecule is CCC(C)OC(=O)Cn1c(CN2CCCC2)nc2sc3c(c2c1=O)CCCC3. The van der Waals surface area contributed by atoms with E-state index < -0.39 is 0 Å². The number of hydrogen-bond acceptors (Lipinski definition) is 6. The highest BCUT2D eigenvalue weighted by Crippen LogP contribution is 2.34. The zero-order chi connectivity index (χ0) is 19.7. The van der Waals surface area contributed by atoms with E-state index in [0.29, 0.717) is 12.4 Å². The molecule has 0 radical (unpaired) electrons. The van der Waals surface area contributed by atoms with Crippen LogP contribution in [-0.2, 0) is 35.5 Å². The van der Waals surface area contributed by atoms with Crippen LogP contribution >= 0.6 is 11.3 Å². The van der Waals surface area contributed by atoms with Crippen LogP contribution in [-0.4, -0.2) is 39.6 Å². The number of rotatable bonds is 6. The van der Waals surface area contributed by atoms with E-state index >= 15 is 0 Å². The van der Waals surface area contributed by atoms with E-state index in [1.807, 2.05) is 13.8 Å². The average molecular weight is 404 g/mol. The summed E-state index contributed by atoms with van der Waals surface area (Å²) >= 11 is 1.67. The van der Waals surface area contributed by atoms with Gasteiger partial charge in [-0.05, 0) is 70.5 Å². The Morgan fingerprint density at radius 1 is 1.21 bits per heavy atom. The number of fused-ring (bicyclic) bond motifs is 3. The highest BCUT2D eigenvalue weighted by atomic mass is 32.1. The van der Waals surface area contributed by atoms with Gasteiger partial charge in [0, 0.05) is 4.88 Å². The van der Waals surface area contributed by atoms with Crippen molar-refractivity contribution in [3.8, 4) is 0 Å². The van der Waals surface area contributed by atoms with E-state index in [0.717, 1.165) is 49.0 Å². The van der Waals surface area contributed by atoms with Gasteiger partial charge in [0.25, 0.3) is 5.56 Å². The van der Waals surface area contributed by atoms with Crippen molar-refractivity contribution >= 4 is 27.5 Å². The fraction of sp³-hybridized carbons (Fsp3) is 0.667. The van der Waals surface area contributed by atoms with Gasteiger partial charge in [-0.15, -0.1) is 11.3 Å². The van der Waals surface area contributed by atoms with E-state index in [4.69, 9.17) is 9.72 Å². The van der Waals surface area contributed by atoms with Gasteiger partial charge in [-0.2, -0.15) is 0 Å². The van der Waals surface area contributed by atoms with Crippen LogP contribution in [0.1, 0.15) is 62.2 Å².